The summed E-state index contributed by atoms with van der Waals surface area (Å²) in [6.07, 6.45) is -0.614. The van der Waals surface area contributed by atoms with Crippen LogP contribution >= 0.6 is 15.9 Å². The molecule has 1 unspecified atom stereocenters. The van der Waals surface area contributed by atoms with Gasteiger partial charge in [0.15, 0.2) is 11.6 Å². The van der Waals surface area contributed by atoms with Crippen LogP contribution in [0.3, 0.4) is 0 Å². The van der Waals surface area contributed by atoms with Crippen LogP contribution in [0.4, 0.5) is 8.78 Å². The van der Waals surface area contributed by atoms with Crippen molar-refractivity contribution < 1.29 is 18.7 Å². The summed E-state index contributed by atoms with van der Waals surface area (Å²) < 4.78 is 26.8. The SMILES string of the molecule is CCCC(O)C(=O)c1c(F)ccc(Br)c1F. The van der Waals surface area contributed by atoms with E-state index in [0.29, 0.717) is 6.42 Å². The largest absolute Gasteiger partial charge is 0.385 e. The molecule has 2 nitrogen and oxygen atoms in total. The van der Waals surface area contributed by atoms with Crippen LogP contribution in [0.1, 0.15) is 30.1 Å². The van der Waals surface area contributed by atoms with E-state index in [4.69, 9.17) is 0 Å². The van der Waals surface area contributed by atoms with E-state index in [1.165, 1.54) is 6.07 Å². The monoisotopic (exact) mass is 292 g/mol. The zero-order chi connectivity index (χ0) is 12.3. The molecule has 0 amide bonds. The third kappa shape index (κ3) is 2.65. The van der Waals surface area contributed by atoms with Crippen molar-refractivity contribution in [3.8, 4) is 0 Å². The number of benzene rings is 1. The highest BCUT2D eigenvalue weighted by atomic mass is 79.9. The van der Waals surface area contributed by atoms with E-state index in [1.807, 2.05) is 0 Å². The van der Waals surface area contributed by atoms with E-state index in [-0.39, 0.29) is 10.9 Å². The molecule has 0 aromatic heterocycles. The molecule has 0 radical (unpaired) electrons. The third-order valence-electron chi connectivity index (χ3n) is 2.16. The van der Waals surface area contributed by atoms with Crippen molar-refractivity contribution >= 4 is 21.7 Å². The van der Waals surface area contributed by atoms with Crippen molar-refractivity contribution in [2.75, 3.05) is 0 Å². The molecule has 16 heavy (non-hydrogen) atoms. The molecule has 0 saturated heterocycles. The van der Waals surface area contributed by atoms with Crippen molar-refractivity contribution in [2.24, 2.45) is 0 Å². The summed E-state index contributed by atoms with van der Waals surface area (Å²) in [5.41, 5.74) is -0.685. The molecule has 0 bridgehead atoms. The molecule has 1 aromatic carbocycles. The lowest BCUT2D eigenvalue weighted by Crippen LogP contribution is -2.22. The minimum Gasteiger partial charge on any atom is -0.385 e. The fourth-order valence-electron chi connectivity index (χ4n) is 1.32. The Kier molecular flexibility index (Phi) is 4.56. The molecule has 1 atom stereocenters. The van der Waals surface area contributed by atoms with E-state index in [1.54, 1.807) is 6.92 Å². The number of aliphatic hydroxyl groups excluding tert-OH is 1. The second-order valence-corrected chi connectivity index (χ2v) is 4.24. The molecule has 0 saturated carbocycles. The van der Waals surface area contributed by atoms with Crippen LogP contribution in [0.15, 0.2) is 16.6 Å². The predicted octanol–water partition coefficient (Wildman–Crippen LogP) is 3.07. The van der Waals surface area contributed by atoms with Gasteiger partial charge in [-0.25, -0.2) is 8.78 Å². The van der Waals surface area contributed by atoms with Crippen LogP contribution in [0.25, 0.3) is 0 Å². The highest BCUT2D eigenvalue weighted by Crippen LogP contribution is 2.23. The van der Waals surface area contributed by atoms with Gasteiger partial charge in [0.25, 0.3) is 0 Å². The van der Waals surface area contributed by atoms with Crippen LogP contribution in [0, 0.1) is 11.6 Å². The molecule has 0 fully saturated rings. The van der Waals surface area contributed by atoms with Crippen molar-refractivity contribution in [2.45, 2.75) is 25.9 Å². The molecule has 0 aliphatic rings. The second-order valence-electron chi connectivity index (χ2n) is 3.39. The first-order valence-electron chi connectivity index (χ1n) is 4.84. The fraction of sp³-hybridized carbons (Fsp3) is 0.364. The lowest BCUT2D eigenvalue weighted by atomic mass is 10.0. The van der Waals surface area contributed by atoms with E-state index in [0.717, 1.165) is 6.07 Å². The first-order valence-corrected chi connectivity index (χ1v) is 5.64. The summed E-state index contributed by atoms with van der Waals surface area (Å²) in [4.78, 5) is 11.6. The zero-order valence-electron chi connectivity index (χ0n) is 8.64. The average molecular weight is 293 g/mol. The Hall–Kier alpha value is -0.810. The quantitative estimate of drug-likeness (QED) is 0.684. The van der Waals surface area contributed by atoms with Crippen LogP contribution in [0.5, 0.6) is 0 Å². The molecule has 1 rings (SSSR count). The van der Waals surface area contributed by atoms with Crippen LogP contribution in [-0.2, 0) is 0 Å². The van der Waals surface area contributed by atoms with Gasteiger partial charge in [0.05, 0.1) is 10.0 Å². The minimum absolute atomic E-state index is 0.000878. The standard InChI is InChI=1S/C11H11BrF2O2/c1-2-3-8(15)11(16)9-7(13)5-4-6(12)10(9)14/h4-5,8,15H,2-3H2,1H3. The molecular weight excluding hydrogens is 282 g/mol. The van der Waals surface area contributed by atoms with Crippen molar-refractivity contribution in [3.05, 3.63) is 33.8 Å². The van der Waals surface area contributed by atoms with Crippen LogP contribution < -0.4 is 0 Å². The third-order valence-corrected chi connectivity index (χ3v) is 2.77. The van der Waals surface area contributed by atoms with Gasteiger partial charge in [-0.2, -0.15) is 0 Å². The molecule has 88 valence electrons. The molecule has 0 aliphatic heterocycles. The maximum Gasteiger partial charge on any atom is 0.197 e. The van der Waals surface area contributed by atoms with E-state index in [9.17, 15) is 18.7 Å². The Morgan fingerprint density at radius 1 is 1.50 bits per heavy atom. The minimum atomic E-state index is -1.36. The maximum atomic E-state index is 13.5. The van der Waals surface area contributed by atoms with Gasteiger partial charge in [0, 0.05) is 0 Å². The van der Waals surface area contributed by atoms with Gasteiger partial charge in [-0.05, 0) is 34.5 Å². The number of hydrogen-bond donors (Lipinski definition) is 1. The number of ketones is 1. The first kappa shape index (κ1) is 13.3. The van der Waals surface area contributed by atoms with Crippen molar-refractivity contribution in [1.29, 1.82) is 0 Å². The van der Waals surface area contributed by atoms with Gasteiger partial charge in [-0.1, -0.05) is 13.3 Å². The van der Waals surface area contributed by atoms with E-state index < -0.39 is 29.1 Å². The van der Waals surface area contributed by atoms with Gasteiger partial charge < -0.3 is 5.11 Å². The van der Waals surface area contributed by atoms with Gasteiger partial charge in [0.2, 0.25) is 0 Å². The molecule has 0 spiro atoms. The Bertz CT molecular complexity index is 407. The van der Waals surface area contributed by atoms with Gasteiger partial charge >= 0.3 is 0 Å². The van der Waals surface area contributed by atoms with Crippen molar-refractivity contribution in [1.82, 2.24) is 0 Å². The smallest absolute Gasteiger partial charge is 0.197 e. The molecule has 1 N–H and O–H groups in total. The number of halogens is 3. The predicted molar refractivity (Wildman–Crippen MR) is 59.3 cm³/mol. The number of Topliss-reactive ketones (excluding diaryl/α,β-unsaturated/α-hetero) is 1. The van der Waals surface area contributed by atoms with E-state index in [2.05, 4.69) is 15.9 Å². The van der Waals surface area contributed by atoms with Gasteiger partial charge in [-0.3, -0.25) is 4.79 Å². The Morgan fingerprint density at radius 3 is 2.69 bits per heavy atom. The number of rotatable bonds is 4. The summed E-state index contributed by atoms with van der Waals surface area (Å²) in [5, 5.41) is 9.41. The Morgan fingerprint density at radius 2 is 2.12 bits per heavy atom. The molecule has 5 heteroatoms. The van der Waals surface area contributed by atoms with Gasteiger partial charge in [0.1, 0.15) is 11.9 Å². The van der Waals surface area contributed by atoms with Crippen LogP contribution in [-0.4, -0.2) is 17.0 Å². The molecular formula is C11H11BrF2O2. The molecule has 1 aromatic rings. The number of hydrogen-bond acceptors (Lipinski definition) is 2. The zero-order valence-corrected chi connectivity index (χ0v) is 10.2. The number of carbonyl (C=O) groups excluding carboxylic acids is 1. The van der Waals surface area contributed by atoms with E-state index >= 15 is 0 Å². The highest BCUT2D eigenvalue weighted by Gasteiger charge is 2.24. The molecule has 0 heterocycles. The first-order chi connectivity index (χ1) is 7.49. The summed E-state index contributed by atoms with van der Waals surface area (Å²) in [7, 11) is 0. The van der Waals surface area contributed by atoms with Crippen molar-refractivity contribution in [3.63, 3.8) is 0 Å². The average Bonchev–Trinajstić information content (AvgIpc) is 2.24. The lowest BCUT2D eigenvalue weighted by molar-refractivity contribution is 0.0720. The second kappa shape index (κ2) is 5.50. The molecule has 0 aliphatic carbocycles. The number of aliphatic hydroxyl groups is 1. The summed E-state index contributed by atoms with van der Waals surface area (Å²) >= 11 is 2.86. The normalized spacial score (nSPS) is 12.6. The van der Waals surface area contributed by atoms with Gasteiger partial charge in [-0.15, -0.1) is 0 Å². The Labute approximate surface area is 100 Å². The topological polar surface area (TPSA) is 37.3 Å². The summed E-state index contributed by atoms with van der Waals surface area (Å²) in [5.74, 6) is -2.85. The summed E-state index contributed by atoms with van der Waals surface area (Å²) in [6, 6.07) is 2.16. The maximum absolute atomic E-state index is 13.5. The van der Waals surface area contributed by atoms with Crippen LogP contribution in [0.2, 0.25) is 0 Å². The fourth-order valence-corrected chi connectivity index (χ4v) is 1.65. The Balaban J connectivity index is 3.12. The number of carbonyl (C=O) groups is 1. The lowest BCUT2D eigenvalue weighted by Gasteiger charge is -2.10. The highest BCUT2D eigenvalue weighted by molar-refractivity contribution is 9.10. The summed E-state index contributed by atoms with van der Waals surface area (Å²) in [6.45, 7) is 1.77.